The average Bonchev–Trinajstić information content (AvgIpc) is 2.49. The van der Waals surface area contributed by atoms with Gasteiger partial charge in [-0.2, -0.15) is 0 Å². The van der Waals surface area contributed by atoms with Gasteiger partial charge in [-0.1, -0.05) is 18.2 Å². The monoisotopic (exact) mass is 290 g/mol. The van der Waals surface area contributed by atoms with Crippen molar-refractivity contribution in [2.75, 3.05) is 13.2 Å². The summed E-state index contributed by atoms with van der Waals surface area (Å²) in [5.41, 5.74) is 1.56. The highest BCUT2D eigenvalue weighted by Crippen LogP contribution is 2.22. The summed E-state index contributed by atoms with van der Waals surface area (Å²) in [7, 11) is 0. The summed E-state index contributed by atoms with van der Waals surface area (Å²) >= 11 is 0. The molecule has 0 spiro atoms. The molecule has 0 radical (unpaired) electrons. The van der Waals surface area contributed by atoms with Crippen molar-refractivity contribution in [2.45, 2.75) is 20.0 Å². The Kier molecular flexibility index (Phi) is 5.17. The number of benzene rings is 2. The molecule has 0 aliphatic rings. The summed E-state index contributed by atoms with van der Waals surface area (Å²) in [6.45, 7) is 4.41. The van der Waals surface area contributed by atoms with E-state index in [1.807, 2.05) is 13.8 Å². The van der Waals surface area contributed by atoms with E-state index < -0.39 is 6.10 Å². The number of halogens is 1. The number of aliphatic hydroxyl groups excluding tert-OH is 1. The van der Waals surface area contributed by atoms with E-state index in [1.165, 1.54) is 12.1 Å². The lowest BCUT2D eigenvalue weighted by Crippen LogP contribution is -2.10. The molecule has 1 unspecified atom stereocenters. The lowest BCUT2D eigenvalue weighted by atomic mass is 10.1. The maximum atomic E-state index is 13.2. The van der Waals surface area contributed by atoms with Gasteiger partial charge < -0.3 is 14.6 Å². The standard InChI is InChI=1S/C17H19FO3/c1-3-20-15-8-5-13(6-9-15)16(19)11-21-17-10-14(18)7-4-12(17)2/h4-10,16,19H,3,11H2,1-2H3. The minimum atomic E-state index is -0.775. The lowest BCUT2D eigenvalue weighted by Gasteiger charge is -2.14. The molecule has 1 N–H and O–H groups in total. The summed E-state index contributed by atoms with van der Waals surface area (Å²) in [5.74, 6) is 0.849. The molecule has 21 heavy (non-hydrogen) atoms. The van der Waals surface area contributed by atoms with Gasteiger partial charge in [0.2, 0.25) is 0 Å². The van der Waals surface area contributed by atoms with E-state index in [2.05, 4.69) is 0 Å². The normalized spacial score (nSPS) is 12.0. The molecule has 0 amide bonds. The van der Waals surface area contributed by atoms with Crippen molar-refractivity contribution in [2.24, 2.45) is 0 Å². The Balaban J connectivity index is 1.97. The zero-order chi connectivity index (χ0) is 15.2. The molecule has 0 saturated carbocycles. The van der Waals surface area contributed by atoms with Crippen LogP contribution in [0.5, 0.6) is 11.5 Å². The van der Waals surface area contributed by atoms with E-state index >= 15 is 0 Å². The van der Waals surface area contributed by atoms with Crippen LogP contribution in [-0.4, -0.2) is 18.3 Å². The predicted molar refractivity (Wildman–Crippen MR) is 79.2 cm³/mol. The highest BCUT2D eigenvalue weighted by Gasteiger charge is 2.10. The zero-order valence-electron chi connectivity index (χ0n) is 12.2. The number of aryl methyl sites for hydroxylation is 1. The Morgan fingerprint density at radius 3 is 2.48 bits per heavy atom. The molecule has 0 aliphatic carbocycles. The van der Waals surface area contributed by atoms with Crippen LogP contribution in [0.1, 0.15) is 24.2 Å². The van der Waals surface area contributed by atoms with Crippen molar-refractivity contribution in [1.82, 2.24) is 0 Å². The first kappa shape index (κ1) is 15.3. The number of rotatable bonds is 6. The lowest BCUT2D eigenvalue weighted by molar-refractivity contribution is 0.107. The maximum absolute atomic E-state index is 13.2. The molecule has 2 aromatic carbocycles. The maximum Gasteiger partial charge on any atom is 0.126 e. The number of aliphatic hydroxyl groups is 1. The Labute approximate surface area is 124 Å². The number of hydrogen-bond donors (Lipinski definition) is 1. The average molecular weight is 290 g/mol. The van der Waals surface area contributed by atoms with Crippen LogP contribution in [0.4, 0.5) is 4.39 Å². The van der Waals surface area contributed by atoms with Gasteiger partial charge in [-0.05, 0) is 43.2 Å². The Morgan fingerprint density at radius 2 is 1.81 bits per heavy atom. The largest absolute Gasteiger partial charge is 0.494 e. The highest BCUT2D eigenvalue weighted by atomic mass is 19.1. The Hall–Kier alpha value is -2.07. The smallest absolute Gasteiger partial charge is 0.126 e. The van der Waals surface area contributed by atoms with Crippen LogP contribution in [0.25, 0.3) is 0 Å². The molecule has 0 aromatic heterocycles. The molecular formula is C17H19FO3. The molecule has 0 saturated heterocycles. The van der Waals surface area contributed by atoms with Gasteiger partial charge >= 0.3 is 0 Å². The first-order valence-corrected chi connectivity index (χ1v) is 6.90. The van der Waals surface area contributed by atoms with E-state index in [-0.39, 0.29) is 12.4 Å². The van der Waals surface area contributed by atoms with Gasteiger partial charge in [0.05, 0.1) is 6.61 Å². The molecule has 0 fully saturated rings. The van der Waals surface area contributed by atoms with Crippen LogP contribution >= 0.6 is 0 Å². The second kappa shape index (κ2) is 7.09. The van der Waals surface area contributed by atoms with E-state index in [4.69, 9.17) is 9.47 Å². The van der Waals surface area contributed by atoms with Crippen molar-refractivity contribution >= 4 is 0 Å². The van der Waals surface area contributed by atoms with Gasteiger partial charge in [0.25, 0.3) is 0 Å². The van der Waals surface area contributed by atoms with E-state index in [1.54, 1.807) is 30.3 Å². The molecule has 0 bridgehead atoms. The van der Waals surface area contributed by atoms with Crippen LogP contribution < -0.4 is 9.47 Å². The molecular weight excluding hydrogens is 271 g/mol. The van der Waals surface area contributed by atoms with Crippen molar-refractivity contribution in [3.05, 3.63) is 59.4 Å². The van der Waals surface area contributed by atoms with Crippen LogP contribution in [0, 0.1) is 12.7 Å². The minimum absolute atomic E-state index is 0.0677. The number of ether oxygens (including phenoxy) is 2. The van der Waals surface area contributed by atoms with Crippen molar-refractivity contribution in [1.29, 1.82) is 0 Å². The molecule has 3 nitrogen and oxygen atoms in total. The van der Waals surface area contributed by atoms with E-state index in [0.717, 1.165) is 16.9 Å². The van der Waals surface area contributed by atoms with Crippen LogP contribution in [-0.2, 0) is 0 Å². The highest BCUT2D eigenvalue weighted by molar-refractivity contribution is 5.33. The fourth-order valence-electron chi connectivity index (χ4n) is 1.95. The molecule has 2 aromatic rings. The molecule has 112 valence electrons. The molecule has 4 heteroatoms. The van der Waals surface area contributed by atoms with Gasteiger partial charge in [0, 0.05) is 6.07 Å². The van der Waals surface area contributed by atoms with Crippen molar-refractivity contribution < 1.29 is 19.0 Å². The molecule has 0 aliphatic heterocycles. The van der Waals surface area contributed by atoms with Crippen LogP contribution in [0.2, 0.25) is 0 Å². The minimum Gasteiger partial charge on any atom is -0.494 e. The number of hydrogen-bond acceptors (Lipinski definition) is 3. The fourth-order valence-corrected chi connectivity index (χ4v) is 1.95. The van der Waals surface area contributed by atoms with Gasteiger partial charge in [-0.3, -0.25) is 0 Å². The summed E-state index contributed by atoms with van der Waals surface area (Å²) in [6, 6.07) is 11.5. The zero-order valence-corrected chi connectivity index (χ0v) is 12.2. The van der Waals surface area contributed by atoms with E-state index in [0.29, 0.717) is 12.4 Å². The second-order valence-corrected chi connectivity index (χ2v) is 4.74. The Morgan fingerprint density at radius 1 is 1.10 bits per heavy atom. The SMILES string of the molecule is CCOc1ccc(C(O)COc2cc(F)ccc2C)cc1. The quantitative estimate of drug-likeness (QED) is 0.882. The van der Waals surface area contributed by atoms with Crippen LogP contribution in [0.3, 0.4) is 0 Å². The first-order chi connectivity index (χ1) is 10.1. The third-order valence-electron chi connectivity index (χ3n) is 3.12. The fraction of sp³-hybridized carbons (Fsp3) is 0.294. The van der Waals surface area contributed by atoms with Crippen molar-refractivity contribution in [3.8, 4) is 11.5 Å². The van der Waals surface area contributed by atoms with Gasteiger partial charge in [-0.15, -0.1) is 0 Å². The third kappa shape index (κ3) is 4.20. The van der Waals surface area contributed by atoms with Gasteiger partial charge in [0.1, 0.15) is 30.0 Å². The summed E-state index contributed by atoms with van der Waals surface area (Å²) < 4.78 is 24.0. The topological polar surface area (TPSA) is 38.7 Å². The van der Waals surface area contributed by atoms with Gasteiger partial charge in [0.15, 0.2) is 0 Å². The Bertz CT molecular complexity index is 581. The van der Waals surface area contributed by atoms with Crippen molar-refractivity contribution in [3.63, 3.8) is 0 Å². The first-order valence-electron chi connectivity index (χ1n) is 6.90. The molecule has 2 rings (SSSR count). The third-order valence-corrected chi connectivity index (χ3v) is 3.12. The van der Waals surface area contributed by atoms with Crippen LogP contribution in [0.15, 0.2) is 42.5 Å². The van der Waals surface area contributed by atoms with E-state index in [9.17, 15) is 9.50 Å². The molecule has 1 atom stereocenters. The molecule has 0 heterocycles. The summed E-state index contributed by atoms with van der Waals surface area (Å²) in [6.07, 6.45) is -0.775. The summed E-state index contributed by atoms with van der Waals surface area (Å²) in [4.78, 5) is 0. The second-order valence-electron chi connectivity index (χ2n) is 4.74. The van der Waals surface area contributed by atoms with Gasteiger partial charge in [-0.25, -0.2) is 4.39 Å². The predicted octanol–water partition coefficient (Wildman–Crippen LogP) is 3.65. The summed E-state index contributed by atoms with van der Waals surface area (Å²) in [5, 5.41) is 10.1.